The van der Waals surface area contributed by atoms with E-state index in [4.69, 9.17) is 18.9 Å². The normalized spacial score (nSPS) is 27.8. The van der Waals surface area contributed by atoms with Crippen LogP contribution in [-0.2, 0) is 18.9 Å². The van der Waals surface area contributed by atoms with Crippen LogP contribution >= 0.6 is 0 Å². The van der Waals surface area contributed by atoms with Gasteiger partial charge in [0.2, 0.25) is 0 Å². The lowest BCUT2D eigenvalue weighted by atomic mass is 10.2. The highest BCUT2D eigenvalue weighted by Crippen LogP contribution is 2.32. The van der Waals surface area contributed by atoms with Gasteiger partial charge in [-0.1, -0.05) is 0 Å². The van der Waals surface area contributed by atoms with Crippen LogP contribution in [0.25, 0.3) is 0 Å². The van der Waals surface area contributed by atoms with E-state index < -0.39 is 23.7 Å². The van der Waals surface area contributed by atoms with Crippen LogP contribution in [0.2, 0.25) is 0 Å². The number of hydrogen-bond acceptors (Lipinski definition) is 5. The number of hydrogen-bond donors (Lipinski definition) is 0. The molecule has 2 heterocycles. The molecule has 2 aliphatic rings. The van der Waals surface area contributed by atoms with Gasteiger partial charge >= 0.3 is 6.09 Å². The molecule has 0 saturated carbocycles. The van der Waals surface area contributed by atoms with Gasteiger partial charge < -0.3 is 18.9 Å². The number of nitrogens with zero attached hydrogens (tertiary/aromatic N) is 1. The first-order chi connectivity index (χ1) is 8.71. The number of ether oxygens (including phenoxy) is 4. The van der Waals surface area contributed by atoms with Gasteiger partial charge in [-0.3, -0.25) is 4.90 Å². The van der Waals surface area contributed by atoms with Gasteiger partial charge in [0, 0.05) is 0 Å². The largest absolute Gasteiger partial charge is 0.444 e. The first kappa shape index (κ1) is 14.6. The average molecular weight is 273 g/mol. The molecule has 0 unspecified atom stereocenters. The summed E-state index contributed by atoms with van der Waals surface area (Å²) in [5.74, 6) is 0. The second-order valence-electron chi connectivity index (χ2n) is 6.29. The SMILES string of the molecule is CC(C)(C)OC(=O)N1[C@@H](C2OCCO2)COC1(C)C. The van der Waals surface area contributed by atoms with E-state index in [0.717, 1.165) is 0 Å². The standard InChI is InChI=1S/C13H23NO5/c1-12(2,3)19-11(15)14-9(8-18-13(14,4)5)10-16-6-7-17-10/h9-10H,6-8H2,1-5H3/t9-/m1/s1. The molecule has 0 aromatic heterocycles. The van der Waals surface area contributed by atoms with Crippen molar-refractivity contribution in [3.05, 3.63) is 0 Å². The maximum absolute atomic E-state index is 12.4. The quantitative estimate of drug-likeness (QED) is 0.728. The Kier molecular flexibility index (Phi) is 3.77. The Balaban J connectivity index is 2.14. The third-order valence-corrected chi connectivity index (χ3v) is 3.07. The van der Waals surface area contributed by atoms with E-state index in [2.05, 4.69) is 0 Å². The lowest BCUT2D eigenvalue weighted by molar-refractivity contribution is -0.105. The van der Waals surface area contributed by atoms with Crippen molar-refractivity contribution in [3.63, 3.8) is 0 Å². The van der Waals surface area contributed by atoms with E-state index in [0.29, 0.717) is 19.8 Å². The summed E-state index contributed by atoms with van der Waals surface area (Å²) in [6, 6.07) is -0.271. The van der Waals surface area contributed by atoms with Gasteiger partial charge in [-0.25, -0.2) is 4.79 Å². The molecule has 110 valence electrons. The predicted molar refractivity (Wildman–Crippen MR) is 67.6 cm³/mol. The number of amides is 1. The minimum Gasteiger partial charge on any atom is -0.444 e. The molecule has 0 bridgehead atoms. The molecule has 2 aliphatic heterocycles. The van der Waals surface area contributed by atoms with Crippen molar-refractivity contribution in [2.24, 2.45) is 0 Å². The zero-order chi connectivity index (χ0) is 14.3. The van der Waals surface area contributed by atoms with E-state index in [-0.39, 0.29) is 6.04 Å². The topological polar surface area (TPSA) is 57.2 Å². The van der Waals surface area contributed by atoms with Gasteiger partial charge in [-0.05, 0) is 34.6 Å². The molecule has 2 rings (SSSR count). The van der Waals surface area contributed by atoms with Crippen molar-refractivity contribution in [2.75, 3.05) is 19.8 Å². The third-order valence-electron chi connectivity index (χ3n) is 3.07. The van der Waals surface area contributed by atoms with Crippen LogP contribution < -0.4 is 0 Å². The van der Waals surface area contributed by atoms with E-state index in [1.165, 1.54) is 0 Å². The smallest absolute Gasteiger partial charge is 0.413 e. The van der Waals surface area contributed by atoms with Crippen LogP contribution in [0.15, 0.2) is 0 Å². The Morgan fingerprint density at radius 2 is 1.84 bits per heavy atom. The minimum atomic E-state index is -0.720. The Morgan fingerprint density at radius 1 is 1.26 bits per heavy atom. The first-order valence-electron chi connectivity index (χ1n) is 6.60. The molecule has 19 heavy (non-hydrogen) atoms. The van der Waals surface area contributed by atoms with E-state index in [1.807, 2.05) is 34.6 Å². The number of carbonyl (C=O) groups is 1. The summed E-state index contributed by atoms with van der Waals surface area (Å²) in [5, 5.41) is 0. The maximum Gasteiger partial charge on any atom is 0.413 e. The van der Waals surface area contributed by atoms with Gasteiger partial charge in [-0.15, -0.1) is 0 Å². The molecule has 6 nitrogen and oxygen atoms in total. The van der Waals surface area contributed by atoms with Gasteiger partial charge in [-0.2, -0.15) is 0 Å². The molecular weight excluding hydrogens is 250 g/mol. The van der Waals surface area contributed by atoms with E-state index in [9.17, 15) is 4.79 Å². The minimum absolute atomic E-state index is 0.271. The van der Waals surface area contributed by atoms with Crippen molar-refractivity contribution in [1.29, 1.82) is 0 Å². The molecule has 0 aromatic rings. The van der Waals surface area contributed by atoms with Crippen LogP contribution in [0.4, 0.5) is 4.79 Å². The lowest BCUT2D eigenvalue weighted by Gasteiger charge is -2.36. The van der Waals surface area contributed by atoms with Gasteiger partial charge in [0.1, 0.15) is 17.4 Å². The Morgan fingerprint density at radius 3 is 2.37 bits per heavy atom. The van der Waals surface area contributed by atoms with Crippen LogP contribution in [0.1, 0.15) is 34.6 Å². The molecule has 2 saturated heterocycles. The fourth-order valence-electron chi connectivity index (χ4n) is 2.30. The highest BCUT2D eigenvalue weighted by atomic mass is 16.7. The molecule has 0 N–H and O–H groups in total. The lowest BCUT2D eigenvalue weighted by Crippen LogP contribution is -2.53. The van der Waals surface area contributed by atoms with Crippen LogP contribution in [0.5, 0.6) is 0 Å². The van der Waals surface area contributed by atoms with Crippen molar-refractivity contribution in [1.82, 2.24) is 4.90 Å². The zero-order valence-electron chi connectivity index (χ0n) is 12.3. The van der Waals surface area contributed by atoms with E-state index in [1.54, 1.807) is 4.90 Å². The number of rotatable bonds is 1. The summed E-state index contributed by atoms with van der Waals surface area (Å²) in [4.78, 5) is 13.9. The molecule has 0 radical (unpaired) electrons. The molecule has 6 heteroatoms. The second-order valence-corrected chi connectivity index (χ2v) is 6.29. The fraction of sp³-hybridized carbons (Fsp3) is 0.923. The summed E-state index contributed by atoms with van der Waals surface area (Å²) >= 11 is 0. The molecule has 2 fully saturated rings. The van der Waals surface area contributed by atoms with Gasteiger partial charge in [0.25, 0.3) is 0 Å². The molecular formula is C13H23NO5. The summed E-state index contributed by atoms with van der Waals surface area (Å²) in [7, 11) is 0. The maximum atomic E-state index is 12.4. The predicted octanol–water partition coefficient (Wildman–Crippen LogP) is 1.73. The monoisotopic (exact) mass is 273 g/mol. The highest BCUT2D eigenvalue weighted by molar-refractivity contribution is 5.69. The summed E-state index contributed by atoms with van der Waals surface area (Å²) in [6.45, 7) is 10.7. The summed E-state index contributed by atoms with van der Waals surface area (Å²) in [5.41, 5.74) is -1.26. The Hall–Kier alpha value is -0.850. The Labute approximate surface area is 113 Å². The van der Waals surface area contributed by atoms with Gasteiger partial charge in [0.05, 0.1) is 19.8 Å². The third kappa shape index (κ3) is 3.19. The Bertz CT molecular complexity index is 343. The highest BCUT2D eigenvalue weighted by Gasteiger charge is 2.50. The molecule has 1 atom stereocenters. The second kappa shape index (κ2) is 4.92. The van der Waals surface area contributed by atoms with E-state index >= 15 is 0 Å². The van der Waals surface area contributed by atoms with Crippen LogP contribution in [0.3, 0.4) is 0 Å². The molecule has 1 amide bonds. The van der Waals surface area contributed by atoms with Crippen LogP contribution in [0, 0.1) is 0 Å². The zero-order valence-corrected chi connectivity index (χ0v) is 12.3. The molecule has 0 aromatic carbocycles. The first-order valence-corrected chi connectivity index (χ1v) is 6.60. The van der Waals surface area contributed by atoms with Crippen molar-refractivity contribution in [2.45, 2.75) is 58.3 Å². The van der Waals surface area contributed by atoms with Crippen molar-refractivity contribution >= 4 is 6.09 Å². The van der Waals surface area contributed by atoms with Crippen molar-refractivity contribution < 1.29 is 23.7 Å². The summed E-state index contributed by atoms with van der Waals surface area (Å²) < 4.78 is 22.1. The van der Waals surface area contributed by atoms with Crippen molar-refractivity contribution in [3.8, 4) is 0 Å². The molecule has 0 aliphatic carbocycles. The number of carbonyl (C=O) groups excluding carboxylic acids is 1. The van der Waals surface area contributed by atoms with Crippen LogP contribution in [-0.4, -0.2) is 54.5 Å². The molecule has 0 spiro atoms. The van der Waals surface area contributed by atoms with Gasteiger partial charge in [0.15, 0.2) is 6.29 Å². The fourth-order valence-corrected chi connectivity index (χ4v) is 2.30. The summed E-state index contributed by atoms with van der Waals surface area (Å²) in [6.07, 6.45) is -0.839. The average Bonchev–Trinajstić information content (AvgIpc) is 2.81.